The zero-order valence-corrected chi connectivity index (χ0v) is 10.4. The lowest BCUT2D eigenvalue weighted by Crippen LogP contribution is -1.87. The Hall–Kier alpha value is -1.96. The van der Waals surface area contributed by atoms with E-state index in [9.17, 15) is 0 Å². The highest BCUT2D eigenvalue weighted by molar-refractivity contribution is 5.38. The Morgan fingerprint density at radius 2 is 1.24 bits per heavy atom. The molecular formula is C15H16O2. The minimum atomic E-state index is 0.816. The molecular weight excluding hydrogens is 212 g/mol. The van der Waals surface area contributed by atoms with Crippen LogP contribution in [0.1, 0.15) is 11.1 Å². The van der Waals surface area contributed by atoms with E-state index >= 15 is 0 Å². The molecule has 0 heterocycles. The second kappa shape index (κ2) is 4.91. The van der Waals surface area contributed by atoms with E-state index in [4.69, 9.17) is 9.47 Å². The molecule has 0 unspecified atom stereocenters. The van der Waals surface area contributed by atoms with Gasteiger partial charge in [-0.15, -0.1) is 0 Å². The second-order valence-corrected chi connectivity index (χ2v) is 4.10. The van der Waals surface area contributed by atoms with Gasteiger partial charge in [-0.25, -0.2) is 0 Å². The fourth-order valence-corrected chi connectivity index (χ4v) is 1.77. The minimum Gasteiger partial charge on any atom is -0.497 e. The van der Waals surface area contributed by atoms with Gasteiger partial charge in [-0.3, -0.25) is 0 Å². The van der Waals surface area contributed by atoms with Crippen molar-refractivity contribution in [3.8, 4) is 17.2 Å². The Morgan fingerprint density at radius 1 is 0.706 bits per heavy atom. The number of aryl methyl sites for hydroxylation is 2. The highest BCUT2D eigenvalue weighted by atomic mass is 16.5. The van der Waals surface area contributed by atoms with Crippen molar-refractivity contribution in [3.63, 3.8) is 0 Å². The van der Waals surface area contributed by atoms with Crippen LogP contribution in [0.25, 0.3) is 0 Å². The molecule has 2 aromatic carbocycles. The maximum Gasteiger partial charge on any atom is 0.127 e. The van der Waals surface area contributed by atoms with Gasteiger partial charge in [0.25, 0.3) is 0 Å². The van der Waals surface area contributed by atoms with Crippen LogP contribution in [-0.2, 0) is 0 Å². The van der Waals surface area contributed by atoms with Gasteiger partial charge in [0.05, 0.1) is 7.11 Å². The Kier molecular flexibility index (Phi) is 3.33. The largest absolute Gasteiger partial charge is 0.497 e. The summed E-state index contributed by atoms with van der Waals surface area (Å²) in [7, 11) is 1.65. The zero-order chi connectivity index (χ0) is 12.3. The SMILES string of the molecule is COc1ccc(Oc2cc(C)cc(C)c2)cc1. The highest BCUT2D eigenvalue weighted by Gasteiger charge is 1.99. The fourth-order valence-electron chi connectivity index (χ4n) is 1.77. The fraction of sp³-hybridized carbons (Fsp3) is 0.200. The molecule has 0 aliphatic carbocycles. The molecule has 2 nitrogen and oxygen atoms in total. The minimum absolute atomic E-state index is 0.816. The molecule has 0 saturated carbocycles. The van der Waals surface area contributed by atoms with Crippen LogP contribution in [0, 0.1) is 13.8 Å². The van der Waals surface area contributed by atoms with Gasteiger partial charge in [0.1, 0.15) is 17.2 Å². The van der Waals surface area contributed by atoms with Crippen LogP contribution in [0.2, 0.25) is 0 Å². The summed E-state index contributed by atoms with van der Waals surface area (Å²) < 4.78 is 10.9. The summed E-state index contributed by atoms with van der Waals surface area (Å²) >= 11 is 0. The number of rotatable bonds is 3. The average Bonchev–Trinajstić information content (AvgIpc) is 2.28. The van der Waals surface area contributed by atoms with Crippen LogP contribution in [0.3, 0.4) is 0 Å². The van der Waals surface area contributed by atoms with Crippen LogP contribution < -0.4 is 9.47 Å². The smallest absolute Gasteiger partial charge is 0.127 e. The number of benzene rings is 2. The molecule has 2 rings (SSSR count). The predicted octanol–water partition coefficient (Wildman–Crippen LogP) is 4.10. The van der Waals surface area contributed by atoms with E-state index in [1.165, 1.54) is 11.1 Å². The molecule has 2 heteroatoms. The summed E-state index contributed by atoms with van der Waals surface area (Å²) in [4.78, 5) is 0. The zero-order valence-electron chi connectivity index (χ0n) is 10.4. The third-order valence-electron chi connectivity index (χ3n) is 2.49. The molecule has 0 aliphatic rings. The quantitative estimate of drug-likeness (QED) is 0.787. The van der Waals surface area contributed by atoms with Gasteiger partial charge in [0.2, 0.25) is 0 Å². The molecule has 0 amide bonds. The topological polar surface area (TPSA) is 18.5 Å². The van der Waals surface area contributed by atoms with Crippen LogP contribution in [0.4, 0.5) is 0 Å². The van der Waals surface area contributed by atoms with Crippen LogP contribution >= 0.6 is 0 Å². The summed E-state index contributed by atoms with van der Waals surface area (Å²) in [5, 5.41) is 0. The van der Waals surface area contributed by atoms with Gasteiger partial charge in [-0.1, -0.05) is 6.07 Å². The average molecular weight is 228 g/mol. The lowest BCUT2D eigenvalue weighted by molar-refractivity contribution is 0.413. The van der Waals surface area contributed by atoms with E-state index in [2.05, 4.69) is 19.9 Å². The first-order valence-electron chi connectivity index (χ1n) is 5.57. The molecule has 0 N–H and O–H groups in total. The van der Waals surface area contributed by atoms with E-state index in [1.54, 1.807) is 7.11 Å². The third kappa shape index (κ3) is 3.00. The van der Waals surface area contributed by atoms with Gasteiger partial charge in [-0.05, 0) is 61.4 Å². The summed E-state index contributed by atoms with van der Waals surface area (Å²) in [6.45, 7) is 4.13. The molecule has 2 aromatic rings. The van der Waals surface area contributed by atoms with Crippen LogP contribution in [0.15, 0.2) is 42.5 Å². The molecule has 0 saturated heterocycles. The molecule has 0 radical (unpaired) electrons. The van der Waals surface area contributed by atoms with Crippen molar-refractivity contribution in [1.29, 1.82) is 0 Å². The van der Waals surface area contributed by atoms with Crippen LogP contribution in [-0.4, -0.2) is 7.11 Å². The molecule has 88 valence electrons. The molecule has 0 aromatic heterocycles. The molecule has 0 aliphatic heterocycles. The first-order valence-corrected chi connectivity index (χ1v) is 5.57. The molecule has 0 atom stereocenters. The molecule has 0 spiro atoms. The van der Waals surface area contributed by atoms with Crippen molar-refractivity contribution in [2.45, 2.75) is 13.8 Å². The van der Waals surface area contributed by atoms with Gasteiger partial charge in [-0.2, -0.15) is 0 Å². The monoisotopic (exact) mass is 228 g/mol. The van der Waals surface area contributed by atoms with Gasteiger partial charge in [0.15, 0.2) is 0 Å². The second-order valence-electron chi connectivity index (χ2n) is 4.10. The summed E-state index contributed by atoms with van der Waals surface area (Å²) in [6.07, 6.45) is 0. The van der Waals surface area contributed by atoms with Crippen molar-refractivity contribution < 1.29 is 9.47 Å². The van der Waals surface area contributed by atoms with E-state index in [0.29, 0.717) is 0 Å². The summed E-state index contributed by atoms with van der Waals surface area (Å²) in [5.41, 5.74) is 2.40. The third-order valence-corrected chi connectivity index (χ3v) is 2.49. The van der Waals surface area contributed by atoms with Crippen molar-refractivity contribution >= 4 is 0 Å². The van der Waals surface area contributed by atoms with Crippen molar-refractivity contribution in [2.75, 3.05) is 7.11 Å². The maximum atomic E-state index is 5.78. The lowest BCUT2D eigenvalue weighted by atomic mass is 10.1. The van der Waals surface area contributed by atoms with E-state index in [1.807, 2.05) is 36.4 Å². The van der Waals surface area contributed by atoms with Gasteiger partial charge >= 0.3 is 0 Å². The summed E-state index contributed by atoms with van der Waals surface area (Å²) in [5.74, 6) is 2.52. The Balaban J connectivity index is 2.19. The van der Waals surface area contributed by atoms with Crippen LogP contribution in [0.5, 0.6) is 17.2 Å². The molecule has 17 heavy (non-hydrogen) atoms. The number of hydrogen-bond donors (Lipinski definition) is 0. The number of hydrogen-bond acceptors (Lipinski definition) is 2. The van der Waals surface area contributed by atoms with Gasteiger partial charge in [0, 0.05) is 0 Å². The Labute approximate surface area is 102 Å². The summed E-state index contributed by atoms with van der Waals surface area (Å²) in [6, 6.07) is 13.7. The molecule has 0 bridgehead atoms. The number of methoxy groups -OCH3 is 1. The van der Waals surface area contributed by atoms with E-state index < -0.39 is 0 Å². The normalized spacial score (nSPS) is 10.1. The van der Waals surface area contributed by atoms with Crippen molar-refractivity contribution in [2.24, 2.45) is 0 Å². The lowest BCUT2D eigenvalue weighted by Gasteiger charge is -2.08. The number of ether oxygens (including phenoxy) is 2. The predicted molar refractivity (Wildman–Crippen MR) is 69.0 cm³/mol. The Bertz CT molecular complexity index is 481. The highest BCUT2D eigenvalue weighted by Crippen LogP contribution is 2.25. The molecule has 0 fully saturated rings. The van der Waals surface area contributed by atoms with Crippen molar-refractivity contribution in [3.05, 3.63) is 53.6 Å². The van der Waals surface area contributed by atoms with Crippen molar-refractivity contribution in [1.82, 2.24) is 0 Å². The Morgan fingerprint density at radius 3 is 1.76 bits per heavy atom. The maximum absolute atomic E-state index is 5.78. The van der Waals surface area contributed by atoms with E-state index in [-0.39, 0.29) is 0 Å². The first kappa shape index (κ1) is 11.5. The standard InChI is InChI=1S/C15H16O2/c1-11-8-12(2)10-15(9-11)17-14-6-4-13(16-3)5-7-14/h4-10H,1-3H3. The van der Waals surface area contributed by atoms with Gasteiger partial charge < -0.3 is 9.47 Å². The first-order chi connectivity index (χ1) is 8.17. The van der Waals surface area contributed by atoms with E-state index in [0.717, 1.165) is 17.2 Å².